The van der Waals surface area contributed by atoms with E-state index in [0.717, 1.165) is 60.7 Å². The lowest BCUT2D eigenvalue weighted by Crippen LogP contribution is -2.44. The largest absolute Gasteiger partial charge is 0.284 e. The van der Waals surface area contributed by atoms with E-state index in [-0.39, 0.29) is 5.41 Å². The van der Waals surface area contributed by atoms with Crippen LogP contribution in [0.4, 0.5) is 0 Å². The van der Waals surface area contributed by atoms with E-state index >= 15 is 0 Å². The van der Waals surface area contributed by atoms with E-state index < -0.39 is 0 Å². The van der Waals surface area contributed by atoms with Gasteiger partial charge in [-0.25, -0.2) is 4.98 Å². The molecule has 4 heteroatoms. The number of fused-ring (bicyclic) bond motifs is 4. The zero-order valence-electron chi connectivity index (χ0n) is 19.9. The zero-order valence-corrected chi connectivity index (χ0v) is 20.7. The van der Waals surface area contributed by atoms with Gasteiger partial charge in [-0.3, -0.25) is 9.36 Å². The molecule has 0 amide bonds. The van der Waals surface area contributed by atoms with Crippen molar-refractivity contribution in [3.8, 4) is 11.3 Å². The van der Waals surface area contributed by atoms with Crippen molar-refractivity contribution in [1.82, 2.24) is 9.55 Å². The number of aromatic nitrogens is 2. The van der Waals surface area contributed by atoms with Crippen LogP contribution in [0.2, 0.25) is 0 Å². The molecule has 2 aromatic rings. The maximum Gasteiger partial charge on any atom is 0.258 e. The summed E-state index contributed by atoms with van der Waals surface area (Å²) in [4.78, 5) is 19.8. The summed E-state index contributed by atoms with van der Waals surface area (Å²) in [6.07, 6.45) is 14.2. The lowest BCUT2D eigenvalue weighted by molar-refractivity contribution is 0.273. The van der Waals surface area contributed by atoms with Gasteiger partial charge in [-0.05, 0) is 50.0 Å². The summed E-state index contributed by atoms with van der Waals surface area (Å²) in [5, 5.41) is 0.976. The Morgan fingerprint density at radius 2 is 1.78 bits per heavy atom. The number of hydrogen-bond donors (Lipinski definition) is 0. The van der Waals surface area contributed by atoms with Crippen LogP contribution < -0.4 is 5.56 Å². The molecule has 0 N–H and O–H groups in total. The molecule has 2 saturated carbocycles. The van der Waals surface area contributed by atoms with Crippen LogP contribution in [0.3, 0.4) is 0 Å². The zero-order chi connectivity index (χ0) is 22.1. The van der Waals surface area contributed by atoms with Gasteiger partial charge in [-0.2, -0.15) is 0 Å². The van der Waals surface area contributed by atoms with Crippen LogP contribution in [0.1, 0.15) is 102 Å². The molecule has 0 atom stereocenters. The first kappa shape index (κ1) is 22.3. The van der Waals surface area contributed by atoms with Gasteiger partial charge in [0.1, 0.15) is 0 Å². The van der Waals surface area contributed by atoms with Crippen LogP contribution >= 0.6 is 11.8 Å². The first-order chi connectivity index (χ1) is 15.6. The van der Waals surface area contributed by atoms with Crippen LogP contribution in [-0.4, -0.2) is 15.3 Å². The maximum atomic E-state index is 14.4. The van der Waals surface area contributed by atoms with E-state index in [0.29, 0.717) is 17.5 Å². The van der Waals surface area contributed by atoms with Gasteiger partial charge in [-0.15, -0.1) is 0 Å². The van der Waals surface area contributed by atoms with E-state index in [1.165, 1.54) is 49.7 Å². The Kier molecular flexibility index (Phi) is 6.51. The SMILES string of the molecule is CC(C)CCSc1nc2c(c(=O)n1C1CCCCC1)C1(CCCCC1)Cc1ccccc1-2. The van der Waals surface area contributed by atoms with Gasteiger partial charge in [-0.1, -0.05) is 88.4 Å². The average Bonchev–Trinajstić information content (AvgIpc) is 2.80. The summed E-state index contributed by atoms with van der Waals surface area (Å²) in [5.41, 5.74) is 4.96. The highest BCUT2D eigenvalue weighted by atomic mass is 32.2. The predicted octanol–water partition coefficient (Wildman–Crippen LogP) is 7.31. The molecule has 1 aromatic carbocycles. The topological polar surface area (TPSA) is 34.9 Å². The quantitative estimate of drug-likeness (QED) is 0.354. The highest BCUT2D eigenvalue weighted by molar-refractivity contribution is 7.99. The second kappa shape index (κ2) is 9.37. The standard InChI is InChI=1S/C28H38N2OS/c1-20(2)15-18-32-27-29-25-23-14-8-7-11-21(23)19-28(16-9-4-10-17-28)24(25)26(31)30(27)22-12-5-3-6-13-22/h7-8,11,14,20,22H,3-6,9-10,12-13,15-19H2,1-2H3. The van der Waals surface area contributed by atoms with Crippen molar-refractivity contribution < 1.29 is 0 Å². The monoisotopic (exact) mass is 450 g/mol. The number of nitrogens with zero attached hydrogens (tertiary/aromatic N) is 2. The van der Waals surface area contributed by atoms with Gasteiger partial charge < -0.3 is 0 Å². The summed E-state index contributed by atoms with van der Waals surface area (Å²) >= 11 is 1.82. The van der Waals surface area contributed by atoms with E-state index in [4.69, 9.17) is 4.98 Å². The minimum atomic E-state index is -0.0104. The third kappa shape index (κ3) is 4.08. The summed E-state index contributed by atoms with van der Waals surface area (Å²) in [6.45, 7) is 4.55. The van der Waals surface area contributed by atoms with Gasteiger partial charge in [0.25, 0.3) is 5.56 Å². The molecule has 32 heavy (non-hydrogen) atoms. The fourth-order valence-corrected chi connectivity index (χ4v) is 7.65. The van der Waals surface area contributed by atoms with Gasteiger partial charge in [0.15, 0.2) is 5.16 Å². The minimum Gasteiger partial charge on any atom is -0.284 e. The molecular formula is C28H38N2OS. The summed E-state index contributed by atoms with van der Waals surface area (Å²) in [5.74, 6) is 1.70. The molecule has 1 aromatic heterocycles. The Morgan fingerprint density at radius 1 is 1.06 bits per heavy atom. The molecule has 3 aliphatic carbocycles. The molecule has 0 bridgehead atoms. The first-order valence-electron chi connectivity index (χ1n) is 13.0. The molecule has 3 aliphatic rings. The Labute approximate surface area is 197 Å². The highest BCUT2D eigenvalue weighted by Gasteiger charge is 2.44. The second-order valence-corrected chi connectivity index (χ2v) is 11.9. The lowest BCUT2D eigenvalue weighted by Gasteiger charge is -2.42. The number of thioether (sulfide) groups is 1. The fourth-order valence-electron chi connectivity index (χ4n) is 6.35. The van der Waals surface area contributed by atoms with Crippen molar-refractivity contribution in [1.29, 1.82) is 0 Å². The average molecular weight is 451 g/mol. The van der Waals surface area contributed by atoms with Crippen LogP contribution in [0.25, 0.3) is 11.3 Å². The minimum absolute atomic E-state index is 0.0104. The van der Waals surface area contributed by atoms with Gasteiger partial charge in [0.2, 0.25) is 0 Å². The molecule has 1 heterocycles. The molecule has 0 radical (unpaired) electrons. The second-order valence-electron chi connectivity index (χ2n) is 10.8. The van der Waals surface area contributed by atoms with Crippen molar-refractivity contribution in [2.45, 2.75) is 108 Å². The number of rotatable bonds is 5. The third-order valence-electron chi connectivity index (χ3n) is 8.09. The van der Waals surface area contributed by atoms with Crippen molar-refractivity contribution in [2.75, 3.05) is 5.75 Å². The summed E-state index contributed by atoms with van der Waals surface area (Å²) < 4.78 is 2.17. The Morgan fingerprint density at radius 3 is 2.53 bits per heavy atom. The molecule has 5 rings (SSSR count). The molecule has 0 saturated heterocycles. The molecule has 0 aliphatic heterocycles. The van der Waals surface area contributed by atoms with Crippen molar-refractivity contribution in [3.63, 3.8) is 0 Å². The molecule has 172 valence electrons. The van der Waals surface area contributed by atoms with Gasteiger partial charge in [0.05, 0.1) is 11.3 Å². The first-order valence-corrected chi connectivity index (χ1v) is 14.0. The summed E-state index contributed by atoms with van der Waals surface area (Å²) in [6, 6.07) is 9.06. The van der Waals surface area contributed by atoms with Crippen LogP contribution in [-0.2, 0) is 11.8 Å². The molecular weight excluding hydrogens is 412 g/mol. The highest BCUT2D eigenvalue weighted by Crippen LogP contribution is 2.49. The predicted molar refractivity (Wildman–Crippen MR) is 135 cm³/mol. The maximum absolute atomic E-state index is 14.4. The number of hydrogen-bond acceptors (Lipinski definition) is 3. The number of benzene rings is 1. The van der Waals surface area contributed by atoms with Crippen molar-refractivity contribution in [3.05, 3.63) is 45.7 Å². The molecule has 3 nitrogen and oxygen atoms in total. The van der Waals surface area contributed by atoms with Crippen LogP contribution in [0.15, 0.2) is 34.2 Å². The Balaban J connectivity index is 1.69. The Hall–Kier alpha value is -1.55. The van der Waals surface area contributed by atoms with Crippen molar-refractivity contribution in [2.24, 2.45) is 5.92 Å². The van der Waals surface area contributed by atoms with Gasteiger partial charge in [0, 0.05) is 22.8 Å². The normalized spacial score (nSPS) is 20.3. The van der Waals surface area contributed by atoms with Gasteiger partial charge >= 0.3 is 0 Å². The van der Waals surface area contributed by atoms with E-state index in [1.54, 1.807) is 0 Å². The lowest BCUT2D eigenvalue weighted by atomic mass is 9.62. The third-order valence-corrected chi connectivity index (χ3v) is 9.08. The van der Waals surface area contributed by atoms with E-state index in [1.807, 2.05) is 11.8 Å². The summed E-state index contributed by atoms with van der Waals surface area (Å²) in [7, 11) is 0. The fraction of sp³-hybridized carbons (Fsp3) is 0.643. The van der Waals surface area contributed by atoms with Crippen LogP contribution in [0.5, 0.6) is 0 Å². The Bertz CT molecular complexity index is 1010. The van der Waals surface area contributed by atoms with E-state index in [9.17, 15) is 4.79 Å². The van der Waals surface area contributed by atoms with E-state index in [2.05, 4.69) is 42.7 Å². The van der Waals surface area contributed by atoms with Crippen molar-refractivity contribution >= 4 is 11.8 Å². The molecule has 1 spiro atoms. The molecule has 0 unspecified atom stereocenters. The smallest absolute Gasteiger partial charge is 0.258 e. The molecule has 2 fully saturated rings. The van der Waals surface area contributed by atoms with Crippen LogP contribution in [0, 0.1) is 5.92 Å².